The average molecular weight is 1130 g/mol. The molecule has 7 N–H and O–H groups in total. The van der Waals surface area contributed by atoms with Gasteiger partial charge in [0.25, 0.3) is 0 Å². The second kappa shape index (κ2) is 20.2. The number of carbonyl (C=O) groups is 2. The number of aromatic carboxylic acids is 1. The summed E-state index contributed by atoms with van der Waals surface area (Å²) in [4.78, 5) is 74.0. The standard InChI is InChI=1S/C32H30FN7O2.C31H28FN7O3/c1-15(41)22-13-39(3)32-19(31(22)42)6-17(10-38-32)21-11-37-27-7-18-26(36-2)8-24(33)20(9-34)28(18)29(27)30(21)40-12-16-4-5-25(35)23(16)14-40;1-35-24-7-22(32)18(8-33)26-16(24)6-25-27(26)28(39-11-14-3-4-23(34)20(14)13-39)19(10-36-25)15-5-17-29(40)21(31(41)42)12-38(2)30(17)37-9-15/h6,8,10-11,13,16,23,25,36H,4-5,7,12,14,35H2,1-3H3;5,7,9-10,12,14,20,23,35H,3-4,6,11,13,34H2,1-2H3,(H,41,42)/t16-,23+,25-;14-,20+,23-/m01/s1. The van der Waals surface area contributed by atoms with Crippen LogP contribution in [0.15, 0.2) is 71.0 Å². The van der Waals surface area contributed by atoms with Gasteiger partial charge in [0.15, 0.2) is 5.78 Å². The van der Waals surface area contributed by atoms with E-state index >= 15 is 8.78 Å². The minimum absolute atomic E-state index is 0.00403. The Kier molecular flexibility index (Phi) is 12.9. The SMILES string of the molecule is CNc1cc(F)c(C#N)c2c1Cc1ncc(-c3cnc4c(c3)c(=O)c(C(=O)O)cn4C)c(N3C[C@H]4CC[C@@H](N)[C@H]4C3)c1-2.CNc1cc(F)c(C#N)c2c1Cc1ncc(-c3cnc4c(c3)c(=O)c(C(C)=O)cn4C)c(N3C[C@@H]4CC[C@H](N)[C@@H]4C3)c1-2. The Morgan fingerprint density at radius 1 is 0.631 bits per heavy atom. The van der Waals surface area contributed by atoms with Gasteiger partial charge in [-0.15, -0.1) is 0 Å². The van der Waals surface area contributed by atoms with Crippen molar-refractivity contribution in [1.29, 1.82) is 10.5 Å². The van der Waals surface area contributed by atoms with Crippen molar-refractivity contribution in [3.63, 3.8) is 0 Å². The van der Waals surface area contributed by atoms with Gasteiger partial charge in [-0.05, 0) is 91.7 Å². The Hall–Kier alpha value is -9.44. The number of carboxylic acids is 1. The predicted molar refractivity (Wildman–Crippen MR) is 315 cm³/mol. The number of carbonyl (C=O) groups excluding carboxylic acids is 1. The van der Waals surface area contributed by atoms with E-state index in [-0.39, 0.29) is 50.9 Å². The van der Waals surface area contributed by atoms with Gasteiger partial charge >= 0.3 is 5.97 Å². The first-order valence-corrected chi connectivity index (χ1v) is 28.1. The Balaban J connectivity index is 0.000000157. The van der Waals surface area contributed by atoms with E-state index in [2.05, 4.69) is 42.5 Å². The van der Waals surface area contributed by atoms with Crippen LogP contribution in [0.5, 0.6) is 0 Å². The number of ketones is 1. The van der Waals surface area contributed by atoms with Crippen LogP contribution >= 0.6 is 0 Å². The number of anilines is 4. The molecule has 4 aliphatic carbocycles. The number of rotatable bonds is 8. The number of benzene rings is 2. The third-order valence-corrected chi connectivity index (χ3v) is 18.7. The molecule has 6 aliphatic rings. The zero-order valence-corrected chi connectivity index (χ0v) is 46.8. The summed E-state index contributed by atoms with van der Waals surface area (Å²) in [5, 5.41) is 36.4. The van der Waals surface area contributed by atoms with Crippen molar-refractivity contribution in [2.24, 2.45) is 49.2 Å². The highest BCUT2D eigenvalue weighted by Crippen LogP contribution is 2.55. The number of hydrogen-bond acceptors (Lipinski definition) is 16. The fraction of sp³-hybridized carbons (Fsp3) is 0.333. The smallest absolute Gasteiger partial charge is 0.341 e. The lowest BCUT2D eigenvalue weighted by Gasteiger charge is -2.27. The van der Waals surface area contributed by atoms with E-state index in [1.54, 1.807) is 69.7 Å². The van der Waals surface area contributed by atoms with Gasteiger partial charge in [-0.25, -0.2) is 23.5 Å². The summed E-state index contributed by atoms with van der Waals surface area (Å²) >= 11 is 0. The summed E-state index contributed by atoms with van der Waals surface area (Å²) in [5.74, 6) is -1.34. The molecule has 0 amide bonds. The molecule has 2 aromatic carbocycles. The van der Waals surface area contributed by atoms with Crippen LogP contribution in [-0.4, -0.2) is 98.3 Å². The van der Waals surface area contributed by atoms with Crippen molar-refractivity contribution in [1.82, 2.24) is 29.1 Å². The van der Waals surface area contributed by atoms with Gasteiger partial charge in [0.2, 0.25) is 10.9 Å². The number of halogens is 2. The first-order chi connectivity index (χ1) is 40.4. The van der Waals surface area contributed by atoms with Crippen LogP contribution in [-0.2, 0) is 26.9 Å². The molecule has 19 nitrogen and oxygen atoms in total. The summed E-state index contributed by atoms with van der Waals surface area (Å²) in [6, 6.07) is 10.5. The Bertz CT molecular complexity index is 4170. The average Bonchev–Trinajstić information content (AvgIpc) is 1.71. The number of aromatic nitrogens is 6. The maximum Gasteiger partial charge on any atom is 0.341 e. The number of carboxylic acid groups (broad SMARTS) is 1. The van der Waals surface area contributed by atoms with Crippen molar-refractivity contribution >= 4 is 56.6 Å². The second-order valence-electron chi connectivity index (χ2n) is 23.2. The summed E-state index contributed by atoms with van der Waals surface area (Å²) in [6.45, 7) is 4.34. The number of aryl methyl sites for hydroxylation is 2. The van der Waals surface area contributed by atoms with Crippen molar-refractivity contribution < 1.29 is 23.5 Å². The number of nitrogens with one attached hydrogen (secondary N) is 2. The molecule has 8 heterocycles. The highest BCUT2D eigenvalue weighted by molar-refractivity contribution is 6.02. The highest BCUT2D eigenvalue weighted by Gasteiger charge is 2.46. The topological polar surface area (TPSA) is 280 Å². The van der Waals surface area contributed by atoms with E-state index in [1.807, 2.05) is 0 Å². The molecule has 6 atom stereocenters. The monoisotopic (exact) mass is 1130 g/mol. The van der Waals surface area contributed by atoms with E-state index in [1.165, 1.54) is 36.0 Å². The van der Waals surface area contributed by atoms with Gasteiger partial charge in [0, 0.05) is 172 Å². The predicted octanol–water partition coefficient (Wildman–Crippen LogP) is 7.49. The van der Waals surface area contributed by atoms with Gasteiger partial charge in [-0.3, -0.25) is 24.4 Å². The van der Waals surface area contributed by atoms with Gasteiger partial charge < -0.3 is 46.1 Å². The minimum Gasteiger partial charge on any atom is -0.477 e. The Labute approximate surface area is 480 Å². The van der Waals surface area contributed by atoms with Crippen LogP contribution < -0.4 is 42.8 Å². The number of pyridine rings is 6. The van der Waals surface area contributed by atoms with Gasteiger partial charge in [0.1, 0.15) is 40.6 Å². The lowest BCUT2D eigenvalue weighted by Crippen LogP contribution is -2.30. The number of nitrogens with two attached hydrogens (primary N) is 2. The lowest BCUT2D eigenvalue weighted by atomic mass is 9.94. The maximum atomic E-state index is 15.3. The van der Waals surface area contributed by atoms with Crippen molar-refractivity contribution in [2.45, 2.75) is 57.5 Å². The summed E-state index contributed by atoms with van der Waals surface area (Å²) in [6.07, 6.45) is 14.6. The molecule has 8 aromatic rings. The fourth-order valence-corrected chi connectivity index (χ4v) is 14.7. The summed E-state index contributed by atoms with van der Waals surface area (Å²) in [7, 11) is 6.86. The van der Waals surface area contributed by atoms with Gasteiger partial charge in [-0.2, -0.15) is 10.5 Å². The van der Waals surface area contributed by atoms with Crippen LogP contribution in [0, 0.1) is 58.0 Å². The molecule has 6 aromatic heterocycles. The first-order valence-electron chi connectivity index (χ1n) is 28.1. The van der Waals surface area contributed by atoms with Crippen LogP contribution in [0.2, 0.25) is 0 Å². The molecule has 14 rings (SSSR count). The molecule has 84 heavy (non-hydrogen) atoms. The molecule has 0 bridgehead atoms. The zero-order valence-electron chi connectivity index (χ0n) is 46.8. The van der Waals surface area contributed by atoms with E-state index in [9.17, 15) is 34.8 Å². The normalized spacial score (nSPS) is 20.4. The lowest BCUT2D eigenvalue weighted by molar-refractivity contribution is 0.0694. The maximum absolute atomic E-state index is 15.3. The summed E-state index contributed by atoms with van der Waals surface area (Å²) < 4.78 is 33.8. The van der Waals surface area contributed by atoms with Crippen LogP contribution in [0.25, 0.3) is 66.6 Å². The quantitative estimate of drug-likeness (QED) is 0.0922. The first kappa shape index (κ1) is 53.8. The number of nitriles is 2. The molecule has 2 saturated heterocycles. The van der Waals surface area contributed by atoms with Gasteiger partial charge in [0.05, 0.1) is 50.2 Å². The molecule has 424 valence electrons. The molecular formula is C63H58F2N14O5. The third kappa shape index (κ3) is 8.22. The molecule has 0 radical (unpaired) electrons. The van der Waals surface area contributed by atoms with Crippen LogP contribution in [0.3, 0.4) is 0 Å². The van der Waals surface area contributed by atoms with Crippen molar-refractivity contribution in [2.75, 3.05) is 60.7 Å². The number of Topliss-reactive ketones (excluding diaryl/α,β-unsaturated/α-hetero) is 1. The van der Waals surface area contributed by atoms with Crippen molar-refractivity contribution in [3.8, 4) is 56.6 Å². The fourth-order valence-electron chi connectivity index (χ4n) is 14.7. The minimum atomic E-state index is -1.31. The van der Waals surface area contributed by atoms with Crippen molar-refractivity contribution in [3.05, 3.63) is 138 Å². The third-order valence-electron chi connectivity index (χ3n) is 18.7. The largest absolute Gasteiger partial charge is 0.477 e. The van der Waals surface area contributed by atoms with E-state index in [4.69, 9.17) is 21.4 Å². The Morgan fingerprint density at radius 3 is 1.45 bits per heavy atom. The van der Waals surface area contributed by atoms with Gasteiger partial charge in [-0.1, -0.05) is 0 Å². The van der Waals surface area contributed by atoms with E-state index in [0.29, 0.717) is 104 Å². The molecule has 4 fully saturated rings. The molecule has 2 aliphatic heterocycles. The molecule has 21 heteroatoms. The summed E-state index contributed by atoms with van der Waals surface area (Å²) in [5.41, 5.74) is 23.8. The zero-order chi connectivity index (χ0) is 58.9. The number of fused-ring (bicyclic) bond motifs is 10. The van der Waals surface area contributed by atoms with E-state index < -0.39 is 23.0 Å². The molecular weight excluding hydrogens is 1070 g/mol. The molecule has 0 unspecified atom stereocenters. The number of hydrogen-bond donors (Lipinski definition) is 5. The highest BCUT2D eigenvalue weighted by atomic mass is 19.1. The van der Waals surface area contributed by atoms with E-state index in [0.717, 1.165) is 90.3 Å². The number of nitrogens with zero attached hydrogens (tertiary/aromatic N) is 10. The molecule has 2 saturated carbocycles. The second-order valence-corrected chi connectivity index (χ2v) is 23.2. The van der Waals surface area contributed by atoms with Crippen LogP contribution in [0.1, 0.15) is 87.0 Å². The Morgan fingerprint density at radius 2 is 1.06 bits per heavy atom. The van der Waals surface area contributed by atoms with Crippen LogP contribution in [0.4, 0.5) is 31.5 Å². The molecule has 0 spiro atoms.